The van der Waals surface area contributed by atoms with Gasteiger partial charge in [-0.15, -0.1) is 0 Å². The minimum atomic E-state index is -0.564. The summed E-state index contributed by atoms with van der Waals surface area (Å²) in [6, 6.07) is 3.38. The Balaban J connectivity index is 0.000000921. The smallest absolute Gasteiger partial charge is 0.258 e. The lowest BCUT2D eigenvalue weighted by atomic mass is 10.1. The van der Waals surface area contributed by atoms with E-state index in [1.54, 1.807) is 6.92 Å². The Hall–Kier alpha value is -1.71. The highest BCUT2D eigenvalue weighted by Crippen LogP contribution is 2.21. The maximum atomic E-state index is 13.0. The summed E-state index contributed by atoms with van der Waals surface area (Å²) < 4.78 is 13.0. The first kappa shape index (κ1) is 13.3. The van der Waals surface area contributed by atoms with Crippen molar-refractivity contribution in [2.45, 2.75) is 20.8 Å². The molecule has 0 unspecified atom stereocenters. The van der Waals surface area contributed by atoms with Gasteiger partial charge in [-0.3, -0.25) is 10.1 Å². The standard InChI is InChI=1S/C9H8FNO2.C2H6/c1-6(2)8-5-7(11(12)13)3-4-9(8)10;1-2/h3-5H,1H2,2H3;1-2H3. The van der Waals surface area contributed by atoms with Crippen LogP contribution in [0.5, 0.6) is 0 Å². The zero-order chi connectivity index (χ0) is 12.0. The number of benzene rings is 1. The third-order valence-corrected chi connectivity index (χ3v) is 1.62. The van der Waals surface area contributed by atoms with Gasteiger partial charge < -0.3 is 0 Å². The molecule has 1 aromatic carbocycles. The molecular weight excluding hydrogens is 197 g/mol. The number of hydrogen-bond donors (Lipinski definition) is 0. The van der Waals surface area contributed by atoms with E-state index in [2.05, 4.69) is 6.58 Å². The Morgan fingerprint density at radius 1 is 1.47 bits per heavy atom. The van der Waals surface area contributed by atoms with Crippen molar-refractivity contribution in [3.63, 3.8) is 0 Å². The number of non-ortho nitro benzene ring substituents is 1. The van der Waals surface area contributed by atoms with E-state index in [1.807, 2.05) is 13.8 Å². The summed E-state index contributed by atoms with van der Waals surface area (Å²) in [6.07, 6.45) is 0. The maximum Gasteiger partial charge on any atom is 0.270 e. The maximum absolute atomic E-state index is 13.0. The molecule has 0 saturated heterocycles. The van der Waals surface area contributed by atoms with Gasteiger partial charge in [0, 0.05) is 17.7 Å². The molecule has 0 amide bonds. The molecule has 82 valence electrons. The molecule has 0 heterocycles. The van der Waals surface area contributed by atoms with Gasteiger partial charge >= 0.3 is 0 Å². The van der Waals surface area contributed by atoms with Gasteiger partial charge in [-0.25, -0.2) is 4.39 Å². The predicted octanol–water partition coefficient (Wildman–Crippen LogP) is 3.79. The summed E-state index contributed by atoms with van der Waals surface area (Å²) in [6.45, 7) is 9.12. The van der Waals surface area contributed by atoms with E-state index in [0.29, 0.717) is 5.57 Å². The highest BCUT2D eigenvalue weighted by molar-refractivity contribution is 5.64. The molecule has 0 atom stereocenters. The Labute approximate surface area is 88.4 Å². The zero-order valence-corrected chi connectivity index (χ0v) is 9.08. The molecule has 3 nitrogen and oxygen atoms in total. The van der Waals surface area contributed by atoms with Crippen LogP contribution in [0.3, 0.4) is 0 Å². The second-order valence-electron chi connectivity index (χ2n) is 2.70. The molecule has 0 saturated carbocycles. The van der Waals surface area contributed by atoms with Crippen molar-refractivity contribution in [2.24, 2.45) is 0 Å². The third-order valence-electron chi connectivity index (χ3n) is 1.62. The van der Waals surface area contributed by atoms with Crippen LogP contribution in [0.15, 0.2) is 24.8 Å². The normalized spacial score (nSPS) is 8.80. The second-order valence-corrected chi connectivity index (χ2v) is 2.70. The summed E-state index contributed by atoms with van der Waals surface area (Å²) in [7, 11) is 0. The number of nitro groups is 1. The van der Waals surface area contributed by atoms with E-state index in [1.165, 1.54) is 6.07 Å². The van der Waals surface area contributed by atoms with Crippen molar-refractivity contribution in [3.8, 4) is 0 Å². The van der Waals surface area contributed by atoms with Crippen molar-refractivity contribution in [1.82, 2.24) is 0 Å². The van der Waals surface area contributed by atoms with Crippen LogP contribution in [0.4, 0.5) is 10.1 Å². The van der Waals surface area contributed by atoms with Gasteiger partial charge in [0.2, 0.25) is 0 Å². The van der Waals surface area contributed by atoms with Gasteiger partial charge in [-0.1, -0.05) is 20.4 Å². The van der Waals surface area contributed by atoms with Crippen LogP contribution in [0, 0.1) is 15.9 Å². The van der Waals surface area contributed by atoms with Gasteiger partial charge in [0.25, 0.3) is 5.69 Å². The van der Waals surface area contributed by atoms with Crippen LogP contribution < -0.4 is 0 Å². The fraction of sp³-hybridized carbons (Fsp3) is 0.273. The van der Waals surface area contributed by atoms with Gasteiger partial charge in [-0.2, -0.15) is 0 Å². The van der Waals surface area contributed by atoms with Crippen LogP contribution in [-0.4, -0.2) is 4.92 Å². The number of rotatable bonds is 2. The third kappa shape index (κ3) is 3.50. The summed E-state index contributed by atoms with van der Waals surface area (Å²) >= 11 is 0. The van der Waals surface area contributed by atoms with Crippen molar-refractivity contribution in [3.05, 3.63) is 46.3 Å². The van der Waals surface area contributed by atoms with E-state index in [-0.39, 0.29) is 11.3 Å². The highest BCUT2D eigenvalue weighted by Gasteiger charge is 2.10. The molecule has 1 rings (SSSR count). The van der Waals surface area contributed by atoms with Crippen LogP contribution in [0.25, 0.3) is 5.57 Å². The van der Waals surface area contributed by atoms with Crippen LogP contribution >= 0.6 is 0 Å². The number of nitro benzene ring substituents is 1. The average Bonchev–Trinajstić information content (AvgIpc) is 2.20. The summed E-state index contributed by atoms with van der Waals surface area (Å²) in [5.74, 6) is -0.488. The van der Waals surface area contributed by atoms with Gasteiger partial charge in [0.05, 0.1) is 4.92 Å². The summed E-state index contributed by atoms with van der Waals surface area (Å²) in [4.78, 5) is 9.78. The van der Waals surface area contributed by atoms with Crippen LogP contribution in [0.2, 0.25) is 0 Å². The van der Waals surface area contributed by atoms with E-state index in [9.17, 15) is 14.5 Å². The Kier molecular flexibility index (Phi) is 5.23. The van der Waals surface area contributed by atoms with Crippen molar-refractivity contribution in [1.29, 1.82) is 0 Å². The molecule has 0 N–H and O–H groups in total. The first-order valence-electron chi connectivity index (χ1n) is 4.62. The molecule has 0 bridgehead atoms. The SMILES string of the molecule is C=C(C)c1cc([N+](=O)[O-])ccc1F.CC. The predicted molar refractivity (Wildman–Crippen MR) is 59.1 cm³/mol. The quantitative estimate of drug-likeness (QED) is 0.551. The fourth-order valence-electron chi connectivity index (χ4n) is 0.954. The molecule has 0 aliphatic carbocycles. The van der Waals surface area contributed by atoms with Gasteiger partial charge in [-0.05, 0) is 18.6 Å². The lowest BCUT2D eigenvalue weighted by Gasteiger charge is -2.00. The molecule has 0 aromatic heterocycles. The van der Waals surface area contributed by atoms with Crippen LogP contribution in [0.1, 0.15) is 26.3 Å². The molecule has 0 aliphatic rings. The van der Waals surface area contributed by atoms with E-state index in [0.717, 1.165) is 12.1 Å². The Bertz CT molecular complexity index is 375. The van der Waals surface area contributed by atoms with E-state index in [4.69, 9.17) is 0 Å². The molecule has 0 spiro atoms. The van der Waals surface area contributed by atoms with Crippen molar-refractivity contribution >= 4 is 11.3 Å². The lowest BCUT2D eigenvalue weighted by molar-refractivity contribution is -0.384. The summed E-state index contributed by atoms with van der Waals surface area (Å²) in [5.41, 5.74) is 0.537. The second kappa shape index (κ2) is 5.90. The minimum absolute atomic E-state index is 0.126. The first-order valence-corrected chi connectivity index (χ1v) is 4.62. The number of nitrogens with zero attached hydrogens (tertiary/aromatic N) is 1. The first-order chi connectivity index (χ1) is 7.02. The molecular formula is C11H14FNO2. The topological polar surface area (TPSA) is 43.1 Å². The van der Waals surface area contributed by atoms with E-state index < -0.39 is 10.7 Å². The Morgan fingerprint density at radius 3 is 2.40 bits per heavy atom. The number of hydrogen-bond acceptors (Lipinski definition) is 2. The van der Waals surface area contributed by atoms with Gasteiger partial charge in [0.15, 0.2) is 0 Å². The fourth-order valence-corrected chi connectivity index (χ4v) is 0.954. The highest BCUT2D eigenvalue weighted by atomic mass is 19.1. The number of allylic oxidation sites excluding steroid dienone is 1. The molecule has 0 aliphatic heterocycles. The Morgan fingerprint density at radius 2 is 2.00 bits per heavy atom. The molecule has 4 heteroatoms. The van der Waals surface area contributed by atoms with Gasteiger partial charge in [0.1, 0.15) is 5.82 Å². The van der Waals surface area contributed by atoms with Crippen molar-refractivity contribution in [2.75, 3.05) is 0 Å². The number of halogens is 1. The minimum Gasteiger partial charge on any atom is -0.258 e. The van der Waals surface area contributed by atoms with Crippen molar-refractivity contribution < 1.29 is 9.31 Å². The summed E-state index contributed by atoms with van der Waals surface area (Å²) in [5, 5.41) is 10.3. The van der Waals surface area contributed by atoms with Crippen LogP contribution in [-0.2, 0) is 0 Å². The molecule has 0 radical (unpaired) electrons. The molecule has 1 aromatic rings. The zero-order valence-electron chi connectivity index (χ0n) is 9.08. The average molecular weight is 211 g/mol. The lowest BCUT2D eigenvalue weighted by Crippen LogP contribution is -1.92. The molecule has 15 heavy (non-hydrogen) atoms. The molecule has 0 fully saturated rings. The monoisotopic (exact) mass is 211 g/mol. The largest absolute Gasteiger partial charge is 0.270 e. The van der Waals surface area contributed by atoms with E-state index >= 15 is 0 Å².